The summed E-state index contributed by atoms with van der Waals surface area (Å²) >= 11 is 0. The van der Waals surface area contributed by atoms with Crippen LogP contribution in [-0.2, 0) is 16.6 Å². The summed E-state index contributed by atoms with van der Waals surface area (Å²) in [5.74, 6) is -0.604. The van der Waals surface area contributed by atoms with E-state index < -0.39 is 15.9 Å². The van der Waals surface area contributed by atoms with Gasteiger partial charge in [0.25, 0.3) is 5.91 Å². The van der Waals surface area contributed by atoms with Gasteiger partial charge >= 0.3 is 0 Å². The predicted octanol–water partition coefficient (Wildman–Crippen LogP) is 0.299. The molecule has 2 rings (SSSR count). The molecule has 1 heterocycles. The molecule has 1 aliphatic rings. The second-order valence-corrected chi connectivity index (χ2v) is 7.26. The first-order valence-corrected chi connectivity index (χ1v) is 8.81. The number of carbonyl (C=O) groups excluding carboxylic acids is 1. The number of hydrogen-bond acceptors (Lipinski definition) is 5. The van der Waals surface area contributed by atoms with E-state index >= 15 is 0 Å². The van der Waals surface area contributed by atoms with Gasteiger partial charge in [-0.1, -0.05) is 12.1 Å². The highest BCUT2D eigenvalue weighted by Gasteiger charge is 2.16. The molecule has 0 aromatic heterocycles. The molecule has 7 heteroatoms. The van der Waals surface area contributed by atoms with Crippen molar-refractivity contribution in [3.8, 4) is 0 Å². The molecule has 1 saturated heterocycles. The first-order chi connectivity index (χ1) is 9.83. The molecule has 0 unspecified atom stereocenters. The zero-order chi connectivity index (χ0) is 15.5. The second kappa shape index (κ2) is 6.55. The predicted molar refractivity (Wildman–Crippen MR) is 81.2 cm³/mol. The number of likely N-dealkylation sites (tertiary alicyclic amines) is 1. The van der Waals surface area contributed by atoms with Gasteiger partial charge in [-0.2, -0.15) is 0 Å². The van der Waals surface area contributed by atoms with Crippen LogP contribution >= 0.6 is 0 Å². The summed E-state index contributed by atoms with van der Waals surface area (Å²) in [6.07, 6.45) is 2.98. The molecule has 0 radical (unpaired) electrons. The van der Waals surface area contributed by atoms with Crippen molar-refractivity contribution < 1.29 is 13.2 Å². The Morgan fingerprint density at radius 1 is 1.29 bits per heavy atom. The molecule has 1 aliphatic heterocycles. The Hall–Kier alpha value is -1.44. The fourth-order valence-electron chi connectivity index (χ4n) is 2.36. The average Bonchev–Trinajstić information content (AvgIpc) is 2.40. The third-order valence-electron chi connectivity index (χ3n) is 3.53. The number of hydrogen-bond donors (Lipinski definition) is 2. The van der Waals surface area contributed by atoms with E-state index in [1.807, 2.05) is 16.9 Å². The van der Waals surface area contributed by atoms with Crippen molar-refractivity contribution in [2.45, 2.75) is 25.4 Å². The summed E-state index contributed by atoms with van der Waals surface area (Å²) < 4.78 is 24.0. The molecular weight excluding hydrogens is 290 g/mol. The number of piperidine rings is 1. The quantitative estimate of drug-likeness (QED) is 0.834. The highest BCUT2D eigenvalue weighted by Crippen LogP contribution is 2.13. The number of nitrogens with one attached hydrogen (secondary N) is 1. The maximum absolute atomic E-state index is 11.7. The van der Waals surface area contributed by atoms with Crippen molar-refractivity contribution in [2.75, 3.05) is 19.3 Å². The Morgan fingerprint density at radius 2 is 1.86 bits per heavy atom. The van der Waals surface area contributed by atoms with Crippen molar-refractivity contribution in [1.29, 1.82) is 0 Å². The smallest absolute Gasteiger partial charge is 0.264 e. The molecule has 1 fully saturated rings. The van der Waals surface area contributed by atoms with Gasteiger partial charge < -0.3 is 5.73 Å². The highest BCUT2D eigenvalue weighted by atomic mass is 32.2. The summed E-state index contributed by atoms with van der Waals surface area (Å²) in [5.41, 5.74) is 7.31. The van der Waals surface area contributed by atoms with Crippen LogP contribution in [0.1, 0.15) is 28.8 Å². The zero-order valence-corrected chi connectivity index (χ0v) is 12.9. The van der Waals surface area contributed by atoms with Gasteiger partial charge in [-0.3, -0.25) is 9.69 Å². The van der Waals surface area contributed by atoms with Crippen LogP contribution < -0.4 is 10.5 Å². The minimum atomic E-state index is -3.53. The number of sulfonamides is 1. The van der Waals surface area contributed by atoms with E-state index in [0.717, 1.165) is 44.3 Å². The van der Waals surface area contributed by atoms with E-state index in [4.69, 9.17) is 5.73 Å². The fraction of sp³-hybridized carbons (Fsp3) is 0.500. The Morgan fingerprint density at radius 3 is 2.38 bits per heavy atom. The molecule has 0 bridgehead atoms. The van der Waals surface area contributed by atoms with Gasteiger partial charge in [-0.05, 0) is 43.6 Å². The molecule has 0 spiro atoms. The van der Waals surface area contributed by atoms with Gasteiger partial charge in [0.2, 0.25) is 10.0 Å². The van der Waals surface area contributed by atoms with Gasteiger partial charge in [-0.25, -0.2) is 13.1 Å². The average molecular weight is 311 g/mol. The summed E-state index contributed by atoms with van der Waals surface area (Å²) in [5, 5.41) is 0. The Kier molecular flexibility index (Phi) is 4.97. The number of rotatable bonds is 4. The van der Waals surface area contributed by atoms with E-state index in [2.05, 4.69) is 4.90 Å². The minimum Gasteiger partial charge on any atom is -0.328 e. The van der Waals surface area contributed by atoms with Crippen LogP contribution in [0.5, 0.6) is 0 Å². The molecule has 6 nitrogen and oxygen atoms in total. The molecule has 0 atom stereocenters. The molecular formula is C14H21N3O3S. The van der Waals surface area contributed by atoms with Gasteiger partial charge in [0.15, 0.2) is 0 Å². The van der Waals surface area contributed by atoms with Crippen LogP contribution in [-0.4, -0.2) is 44.6 Å². The van der Waals surface area contributed by atoms with Crippen LogP contribution in [0.3, 0.4) is 0 Å². The van der Waals surface area contributed by atoms with Crippen molar-refractivity contribution in [1.82, 2.24) is 9.62 Å². The fourth-order valence-corrected chi connectivity index (χ4v) is 2.81. The summed E-state index contributed by atoms with van der Waals surface area (Å²) in [7, 11) is -3.53. The first-order valence-electron chi connectivity index (χ1n) is 6.92. The molecule has 0 saturated carbocycles. The lowest BCUT2D eigenvalue weighted by Gasteiger charge is -2.30. The van der Waals surface area contributed by atoms with Gasteiger partial charge in [0.05, 0.1) is 6.26 Å². The summed E-state index contributed by atoms with van der Waals surface area (Å²) in [6, 6.07) is 7.30. The Bertz CT molecular complexity index is 590. The van der Waals surface area contributed by atoms with Crippen molar-refractivity contribution in [2.24, 2.45) is 5.73 Å². The van der Waals surface area contributed by atoms with Crippen molar-refractivity contribution in [3.05, 3.63) is 35.4 Å². The van der Waals surface area contributed by atoms with Crippen LogP contribution in [0, 0.1) is 0 Å². The molecule has 3 N–H and O–H groups in total. The maximum Gasteiger partial charge on any atom is 0.264 e. The first kappa shape index (κ1) is 15.9. The summed E-state index contributed by atoms with van der Waals surface area (Å²) in [6.45, 7) is 2.79. The molecule has 1 aromatic carbocycles. The van der Waals surface area contributed by atoms with Gasteiger partial charge in [0, 0.05) is 18.2 Å². The minimum absolute atomic E-state index is 0.309. The SMILES string of the molecule is CS(=O)(=O)NC(=O)c1ccc(CN2CCC(N)CC2)cc1. The van der Waals surface area contributed by atoms with Gasteiger partial charge in [0.1, 0.15) is 0 Å². The lowest BCUT2D eigenvalue weighted by Crippen LogP contribution is -2.39. The van der Waals surface area contributed by atoms with E-state index in [9.17, 15) is 13.2 Å². The number of nitrogens with two attached hydrogens (primary N) is 1. The Balaban J connectivity index is 1.94. The van der Waals surface area contributed by atoms with E-state index in [1.54, 1.807) is 12.1 Å². The van der Waals surface area contributed by atoms with Crippen LogP contribution in [0.4, 0.5) is 0 Å². The topological polar surface area (TPSA) is 92.5 Å². The monoisotopic (exact) mass is 311 g/mol. The number of nitrogens with zero attached hydrogens (tertiary/aromatic N) is 1. The maximum atomic E-state index is 11.7. The lowest BCUT2D eigenvalue weighted by atomic mass is 10.0. The third-order valence-corrected chi connectivity index (χ3v) is 4.09. The van der Waals surface area contributed by atoms with Gasteiger partial charge in [-0.15, -0.1) is 0 Å². The molecule has 0 aliphatic carbocycles. The third kappa shape index (κ3) is 5.11. The number of carbonyl (C=O) groups is 1. The Labute approximate surface area is 125 Å². The van der Waals surface area contributed by atoms with E-state index in [1.165, 1.54) is 0 Å². The van der Waals surface area contributed by atoms with Crippen LogP contribution in [0.25, 0.3) is 0 Å². The molecule has 1 aromatic rings. The number of amides is 1. The normalized spacial score (nSPS) is 17.6. The van der Waals surface area contributed by atoms with Crippen molar-refractivity contribution >= 4 is 15.9 Å². The zero-order valence-electron chi connectivity index (χ0n) is 12.1. The molecule has 116 valence electrons. The van der Waals surface area contributed by atoms with E-state index in [0.29, 0.717) is 11.6 Å². The van der Waals surface area contributed by atoms with Crippen LogP contribution in [0.2, 0.25) is 0 Å². The summed E-state index contributed by atoms with van der Waals surface area (Å²) in [4.78, 5) is 14.0. The molecule has 21 heavy (non-hydrogen) atoms. The largest absolute Gasteiger partial charge is 0.328 e. The second-order valence-electron chi connectivity index (χ2n) is 5.51. The molecule has 1 amide bonds. The van der Waals surface area contributed by atoms with E-state index in [-0.39, 0.29) is 0 Å². The standard InChI is InChI=1S/C14H21N3O3S/c1-21(19,20)16-14(18)12-4-2-11(3-5-12)10-17-8-6-13(15)7-9-17/h2-5,13H,6-10,15H2,1H3,(H,16,18). The lowest BCUT2D eigenvalue weighted by molar-refractivity contribution is 0.0981. The van der Waals surface area contributed by atoms with Crippen molar-refractivity contribution in [3.63, 3.8) is 0 Å². The number of benzene rings is 1. The van der Waals surface area contributed by atoms with Crippen LogP contribution in [0.15, 0.2) is 24.3 Å². The highest BCUT2D eigenvalue weighted by molar-refractivity contribution is 7.89.